The highest BCUT2D eigenvalue weighted by molar-refractivity contribution is 7.09. The molecule has 0 radical (unpaired) electrons. The van der Waals surface area contributed by atoms with E-state index >= 15 is 0 Å². The van der Waals surface area contributed by atoms with Gasteiger partial charge in [-0.05, 0) is 68.2 Å². The molecule has 33 heavy (non-hydrogen) atoms. The molecule has 1 unspecified atom stereocenters. The van der Waals surface area contributed by atoms with Crippen LogP contribution in [0.15, 0.2) is 47.8 Å². The Balaban J connectivity index is 1.36. The van der Waals surface area contributed by atoms with Gasteiger partial charge in [-0.2, -0.15) is 0 Å². The van der Waals surface area contributed by atoms with E-state index in [2.05, 4.69) is 21.3 Å². The molecule has 0 bridgehead atoms. The number of hydrogen-bond donors (Lipinski definition) is 1. The predicted octanol–water partition coefficient (Wildman–Crippen LogP) is 4.38. The van der Waals surface area contributed by atoms with Gasteiger partial charge in [-0.3, -0.25) is 14.5 Å². The zero-order chi connectivity index (χ0) is 23.2. The maximum Gasteiger partial charge on any atom is 0.325 e. The molecule has 3 amide bonds. The maximum atomic E-state index is 13.5. The number of ketones is 1. The van der Waals surface area contributed by atoms with Gasteiger partial charge in [0.15, 0.2) is 5.78 Å². The van der Waals surface area contributed by atoms with Gasteiger partial charge in [0.2, 0.25) is 0 Å². The number of amides is 3. The minimum absolute atomic E-state index is 0.213. The number of urea groups is 1. The molecule has 5 rings (SSSR count). The SMILES string of the molecule is Cc1cc(C(=O)CN2C(=O)NC3(CCCc4ccccc43)C2=O)c(C)n1CCc1cccs1. The Labute approximate surface area is 197 Å². The largest absolute Gasteiger partial charge is 0.348 e. The molecule has 6 nitrogen and oxygen atoms in total. The molecule has 1 saturated heterocycles. The molecular formula is C26H27N3O3S. The van der Waals surface area contributed by atoms with Crippen LogP contribution in [0, 0.1) is 13.8 Å². The van der Waals surface area contributed by atoms with Gasteiger partial charge in [0, 0.05) is 28.4 Å². The lowest BCUT2D eigenvalue weighted by Gasteiger charge is -2.33. The lowest BCUT2D eigenvalue weighted by Crippen LogP contribution is -2.46. The molecular weight excluding hydrogens is 434 g/mol. The molecule has 3 aromatic rings. The molecule has 170 valence electrons. The van der Waals surface area contributed by atoms with E-state index in [1.54, 1.807) is 11.3 Å². The van der Waals surface area contributed by atoms with Gasteiger partial charge in [0.25, 0.3) is 5.91 Å². The number of rotatable bonds is 6. The van der Waals surface area contributed by atoms with Gasteiger partial charge >= 0.3 is 6.03 Å². The number of carbonyl (C=O) groups excluding carboxylic acids is 3. The van der Waals surface area contributed by atoms with Crippen LogP contribution >= 0.6 is 11.3 Å². The molecule has 1 aliphatic carbocycles. The second-order valence-electron chi connectivity index (χ2n) is 8.93. The predicted molar refractivity (Wildman–Crippen MR) is 128 cm³/mol. The number of nitrogens with zero attached hydrogens (tertiary/aromatic N) is 2. The fourth-order valence-corrected chi connectivity index (χ4v) is 5.99. The first-order valence-corrected chi connectivity index (χ1v) is 12.2. The van der Waals surface area contributed by atoms with E-state index in [-0.39, 0.29) is 18.2 Å². The van der Waals surface area contributed by atoms with Crippen molar-refractivity contribution >= 4 is 29.1 Å². The Hall–Kier alpha value is -3.19. The molecule has 1 aromatic carbocycles. The summed E-state index contributed by atoms with van der Waals surface area (Å²) in [4.78, 5) is 42.0. The molecule has 7 heteroatoms. The van der Waals surface area contributed by atoms with Crippen molar-refractivity contribution in [2.75, 3.05) is 6.54 Å². The van der Waals surface area contributed by atoms with Crippen LogP contribution in [-0.4, -0.2) is 33.7 Å². The third-order valence-electron chi connectivity index (χ3n) is 6.99. The Morgan fingerprint density at radius 2 is 1.97 bits per heavy atom. The zero-order valence-corrected chi connectivity index (χ0v) is 19.7. The highest BCUT2D eigenvalue weighted by Crippen LogP contribution is 2.40. The number of benzene rings is 1. The van der Waals surface area contributed by atoms with Crippen molar-refractivity contribution in [3.8, 4) is 0 Å². The van der Waals surface area contributed by atoms with Crippen LogP contribution in [-0.2, 0) is 29.7 Å². The summed E-state index contributed by atoms with van der Waals surface area (Å²) in [7, 11) is 0. The average molecular weight is 462 g/mol. The van der Waals surface area contributed by atoms with Crippen LogP contribution in [0.4, 0.5) is 4.79 Å². The Kier molecular flexibility index (Phi) is 5.44. The van der Waals surface area contributed by atoms with E-state index in [0.29, 0.717) is 12.0 Å². The fraction of sp³-hybridized carbons (Fsp3) is 0.346. The van der Waals surface area contributed by atoms with Crippen molar-refractivity contribution in [3.63, 3.8) is 0 Å². The van der Waals surface area contributed by atoms with E-state index in [0.717, 1.165) is 53.2 Å². The first-order valence-electron chi connectivity index (χ1n) is 11.4. The number of hydrogen-bond acceptors (Lipinski definition) is 4. The topological polar surface area (TPSA) is 71.4 Å². The highest BCUT2D eigenvalue weighted by Gasteiger charge is 2.54. The van der Waals surface area contributed by atoms with Gasteiger partial charge < -0.3 is 9.88 Å². The smallest absolute Gasteiger partial charge is 0.325 e. The Bertz CT molecular complexity index is 1240. The molecule has 2 aromatic heterocycles. The molecule has 1 aliphatic heterocycles. The van der Waals surface area contributed by atoms with Crippen LogP contribution < -0.4 is 5.32 Å². The van der Waals surface area contributed by atoms with Crippen molar-refractivity contribution in [2.24, 2.45) is 0 Å². The number of thiophene rings is 1. The first-order chi connectivity index (χ1) is 15.9. The molecule has 1 spiro atoms. The van der Waals surface area contributed by atoms with Crippen LogP contribution in [0.25, 0.3) is 0 Å². The number of aryl methyl sites for hydroxylation is 3. The van der Waals surface area contributed by atoms with Crippen LogP contribution in [0.5, 0.6) is 0 Å². The van der Waals surface area contributed by atoms with E-state index < -0.39 is 11.6 Å². The summed E-state index contributed by atoms with van der Waals surface area (Å²) >= 11 is 1.73. The Morgan fingerprint density at radius 1 is 1.15 bits per heavy atom. The zero-order valence-electron chi connectivity index (χ0n) is 18.9. The normalized spacial score (nSPS) is 19.8. The molecule has 1 fully saturated rings. The van der Waals surface area contributed by atoms with Crippen LogP contribution in [0.1, 0.15) is 50.6 Å². The van der Waals surface area contributed by atoms with E-state index in [9.17, 15) is 14.4 Å². The lowest BCUT2D eigenvalue weighted by molar-refractivity contribution is -0.131. The van der Waals surface area contributed by atoms with Crippen molar-refractivity contribution in [1.82, 2.24) is 14.8 Å². The second kappa shape index (κ2) is 8.30. The van der Waals surface area contributed by atoms with Crippen molar-refractivity contribution in [3.05, 3.63) is 80.8 Å². The third-order valence-corrected chi connectivity index (χ3v) is 7.92. The summed E-state index contributed by atoms with van der Waals surface area (Å²) in [6, 6.07) is 13.3. The van der Waals surface area contributed by atoms with E-state index in [1.807, 2.05) is 50.2 Å². The highest BCUT2D eigenvalue weighted by atomic mass is 32.1. The minimum atomic E-state index is -1.05. The van der Waals surface area contributed by atoms with Crippen molar-refractivity contribution < 1.29 is 14.4 Å². The summed E-state index contributed by atoms with van der Waals surface area (Å²) in [5.41, 5.74) is 3.34. The summed E-state index contributed by atoms with van der Waals surface area (Å²) in [6.45, 7) is 4.46. The summed E-state index contributed by atoms with van der Waals surface area (Å²) in [5.74, 6) is -0.533. The van der Waals surface area contributed by atoms with Gasteiger partial charge in [-0.1, -0.05) is 30.3 Å². The number of nitrogens with one attached hydrogen (secondary N) is 1. The third kappa shape index (κ3) is 3.60. The standard InChI is InChI=1S/C26H27N3O3S/c1-17-15-21(18(2)28(17)13-11-20-9-6-14-33-20)23(30)16-29-24(31)26(27-25(29)32)12-5-8-19-7-3-4-10-22(19)26/h3-4,6-7,9-10,14-15H,5,8,11-13,16H2,1-2H3,(H,27,32). The molecule has 1 N–H and O–H groups in total. The van der Waals surface area contributed by atoms with E-state index in [4.69, 9.17) is 0 Å². The van der Waals surface area contributed by atoms with Gasteiger partial charge in [0.1, 0.15) is 5.54 Å². The molecule has 1 atom stereocenters. The van der Waals surface area contributed by atoms with Crippen LogP contribution in [0.2, 0.25) is 0 Å². The van der Waals surface area contributed by atoms with E-state index in [1.165, 1.54) is 4.88 Å². The summed E-state index contributed by atoms with van der Waals surface area (Å²) in [5, 5.41) is 5.00. The van der Waals surface area contributed by atoms with Gasteiger partial charge in [0.05, 0.1) is 6.54 Å². The fourth-order valence-electron chi connectivity index (χ4n) is 5.29. The molecule has 3 heterocycles. The lowest BCUT2D eigenvalue weighted by atomic mass is 9.76. The monoisotopic (exact) mass is 461 g/mol. The first kappa shape index (κ1) is 21.6. The quantitative estimate of drug-likeness (QED) is 0.438. The summed E-state index contributed by atoms with van der Waals surface area (Å²) < 4.78 is 2.14. The number of fused-ring (bicyclic) bond motifs is 2. The Morgan fingerprint density at radius 3 is 2.76 bits per heavy atom. The van der Waals surface area contributed by atoms with Gasteiger partial charge in [-0.15, -0.1) is 11.3 Å². The second-order valence-corrected chi connectivity index (χ2v) is 9.96. The minimum Gasteiger partial charge on any atom is -0.348 e. The van der Waals surface area contributed by atoms with Crippen LogP contribution in [0.3, 0.4) is 0 Å². The average Bonchev–Trinajstić information content (AvgIpc) is 3.48. The number of imide groups is 1. The molecule has 0 saturated carbocycles. The number of Topliss-reactive ketones (excluding diaryl/α,β-unsaturated/α-hetero) is 1. The summed E-state index contributed by atoms with van der Waals surface area (Å²) in [6.07, 6.45) is 3.15. The number of aromatic nitrogens is 1. The van der Waals surface area contributed by atoms with Crippen molar-refractivity contribution in [1.29, 1.82) is 0 Å². The molecule has 2 aliphatic rings. The van der Waals surface area contributed by atoms with Gasteiger partial charge in [-0.25, -0.2) is 4.79 Å². The van der Waals surface area contributed by atoms with Crippen molar-refractivity contribution in [2.45, 2.75) is 51.6 Å². The number of carbonyl (C=O) groups is 3. The maximum absolute atomic E-state index is 13.5.